The molecule has 6 heteroatoms. The zero-order valence-electron chi connectivity index (χ0n) is 14.7. The molecule has 0 aliphatic heterocycles. The van der Waals surface area contributed by atoms with Crippen molar-refractivity contribution in [1.82, 2.24) is 15.1 Å². The lowest BCUT2D eigenvalue weighted by molar-refractivity contribution is -0.137. The van der Waals surface area contributed by atoms with Crippen molar-refractivity contribution in [3.8, 4) is 0 Å². The van der Waals surface area contributed by atoms with E-state index in [-0.39, 0.29) is 12.3 Å². The molecule has 0 atom stereocenters. The van der Waals surface area contributed by atoms with Gasteiger partial charge in [0, 0.05) is 30.8 Å². The molecule has 0 aliphatic carbocycles. The van der Waals surface area contributed by atoms with Gasteiger partial charge in [-0.25, -0.2) is 0 Å². The lowest BCUT2D eigenvalue weighted by atomic mass is 10.1. The Morgan fingerprint density at radius 1 is 1.22 bits per heavy atom. The first kappa shape index (κ1) is 19.2. The van der Waals surface area contributed by atoms with Crippen LogP contribution in [0.3, 0.4) is 0 Å². The highest BCUT2D eigenvalue weighted by atomic mass is 16.4. The smallest absolute Gasteiger partial charge is 0.303 e. The van der Waals surface area contributed by atoms with Gasteiger partial charge >= 0.3 is 5.97 Å². The molecule has 1 aromatic heterocycles. The number of aryl methyl sites for hydroxylation is 1. The molecule has 0 bridgehead atoms. The molecular formula is C17H29N3O3. The average Bonchev–Trinajstić information content (AvgIpc) is 2.69. The molecule has 130 valence electrons. The molecule has 0 aromatic carbocycles. The number of unbranched alkanes of at least 4 members (excludes halogenated alkanes) is 2. The van der Waals surface area contributed by atoms with Crippen LogP contribution in [-0.2, 0) is 22.6 Å². The molecule has 0 spiro atoms. The molecule has 1 aromatic rings. The van der Waals surface area contributed by atoms with Crippen molar-refractivity contribution in [2.75, 3.05) is 6.54 Å². The third kappa shape index (κ3) is 6.84. The molecule has 0 saturated carbocycles. The van der Waals surface area contributed by atoms with Crippen LogP contribution in [0.25, 0.3) is 0 Å². The summed E-state index contributed by atoms with van der Waals surface area (Å²) < 4.78 is 1.98. The van der Waals surface area contributed by atoms with E-state index < -0.39 is 5.97 Å². The number of aliphatic carboxylic acids is 1. The van der Waals surface area contributed by atoms with Crippen LogP contribution in [0, 0.1) is 19.8 Å². The predicted octanol–water partition coefficient (Wildman–Crippen LogP) is 2.46. The number of hydrogen-bond donors (Lipinski definition) is 2. The number of hydrogen-bond acceptors (Lipinski definition) is 3. The van der Waals surface area contributed by atoms with Crippen molar-refractivity contribution in [3.63, 3.8) is 0 Å². The highest BCUT2D eigenvalue weighted by Crippen LogP contribution is 2.15. The van der Waals surface area contributed by atoms with Gasteiger partial charge in [-0.15, -0.1) is 0 Å². The van der Waals surface area contributed by atoms with E-state index in [0.29, 0.717) is 25.3 Å². The predicted molar refractivity (Wildman–Crippen MR) is 89.4 cm³/mol. The number of carboxylic acids is 1. The Bertz CT molecular complexity index is 535. The first-order valence-corrected chi connectivity index (χ1v) is 8.32. The molecule has 23 heavy (non-hydrogen) atoms. The zero-order valence-corrected chi connectivity index (χ0v) is 14.7. The van der Waals surface area contributed by atoms with Gasteiger partial charge in [0.05, 0.1) is 12.1 Å². The van der Waals surface area contributed by atoms with Crippen molar-refractivity contribution in [3.05, 3.63) is 17.0 Å². The van der Waals surface area contributed by atoms with Crippen LogP contribution in [0.4, 0.5) is 0 Å². The van der Waals surface area contributed by atoms with Crippen molar-refractivity contribution in [2.24, 2.45) is 5.92 Å². The fourth-order valence-electron chi connectivity index (χ4n) is 2.54. The van der Waals surface area contributed by atoms with Gasteiger partial charge in [0.1, 0.15) is 0 Å². The maximum absolute atomic E-state index is 12.0. The van der Waals surface area contributed by atoms with Gasteiger partial charge in [0.15, 0.2) is 0 Å². The van der Waals surface area contributed by atoms with E-state index in [1.165, 1.54) is 0 Å². The standard InChI is InChI=1S/C17H29N3O3/c1-12(2)11-20-14(4)15(13(3)19-20)10-16(21)18-9-7-5-6-8-17(22)23/h12H,5-11H2,1-4H3,(H,18,21)(H,22,23). The van der Waals surface area contributed by atoms with E-state index in [1.807, 2.05) is 18.5 Å². The van der Waals surface area contributed by atoms with Gasteiger partial charge < -0.3 is 10.4 Å². The minimum atomic E-state index is -0.765. The Hall–Kier alpha value is -1.85. The van der Waals surface area contributed by atoms with Crippen molar-refractivity contribution < 1.29 is 14.7 Å². The van der Waals surface area contributed by atoms with Crippen LogP contribution in [0.2, 0.25) is 0 Å². The molecular weight excluding hydrogens is 294 g/mol. The number of amides is 1. The van der Waals surface area contributed by atoms with Crippen molar-refractivity contribution in [1.29, 1.82) is 0 Å². The maximum Gasteiger partial charge on any atom is 0.303 e. The summed E-state index contributed by atoms with van der Waals surface area (Å²) in [6.45, 7) is 9.70. The Morgan fingerprint density at radius 3 is 2.52 bits per heavy atom. The summed E-state index contributed by atoms with van der Waals surface area (Å²) in [5.74, 6) is -0.252. The van der Waals surface area contributed by atoms with Crippen molar-refractivity contribution in [2.45, 2.75) is 66.3 Å². The van der Waals surface area contributed by atoms with Crippen LogP contribution in [0.1, 0.15) is 56.5 Å². The summed E-state index contributed by atoms with van der Waals surface area (Å²) in [7, 11) is 0. The summed E-state index contributed by atoms with van der Waals surface area (Å²) in [5, 5.41) is 16.0. The van der Waals surface area contributed by atoms with E-state index >= 15 is 0 Å². The Labute approximate surface area is 138 Å². The van der Waals surface area contributed by atoms with E-state index in [2.05, 4.69) is 24.3 Å². The number of carbonyl (C=O) groups excluding carboxylic acids is 1. The second-order valence-electron chi connectivity index (χ2n) is 6.46. The summed E-state index contributed by atoms with van der Waals surface area (Å²) in [6, 6.07) is 0. The van der Waals surface area contributed by atoms with Crippen LogP contribution >= 0.6 is 0 Å². The molecule has 1 amide bonds. The van der Waals surface area contributed by atoms with Crippen LogP contribution in [0.15, 0.2) is 0 Å². The van der Waals surface area contributed by atoms with Gasteiger partial charge in [-0.2, -0.15) is 5.10 Å². The molecule has 0 radical (unpaired) electrons. The summed E-state index contributed by atoms with van der Waals surface area (Å²) in [6.07, 6.45) is 2.83. The number of carbonyl (C=O) groups is 2. The largest absolute Gasteiger partial charge is 0.481 e. The summed E-state index contributed by atoms with van der Waals surface area (Å²) >= 11 is 0. The zero-order chi connectivity index (χ0) is 17.4. The van der Waals surface area contributed by atoms with Gasteiger partial charge in [0.25, 0.3) is 0 Å². The molecule has 6 nitrogen and oxygen atoms in total. The minimum absolute atomic E-state index is 0.00136. The molecule has 0 unspecified atom stereocenters. The monoisotopic (exact) mass is 323 g/mol. The van der Waals surface area contributed by atoms with Crippen LogP contribution < -0.4 is 5.32 Å². The number of carboxylic acid groups (broad SMARTS) is 1. The lowest BCUT2D eigenvalue weighted by Crippen LogP contribution is -2.26. The quantitative estimate of drug-likeness (QED) is 0.648. The highest BCUT2D eigenvalue weighted by Gasteiger charge is 2.15. The summed E-state index contributed by atoms with van der Waals surface area (Å²) in [5.41, 5.74) is 2.99. The Morgan fingerprint density at radius 2 is 1.91 bits per heavy atom. The van der Waals surface area contributed by atoms with Crippen LogP contribution in [0.5, 0.6) is 0 Å². The molecule has 0 aliphatic rings. The number of nitrogens with one attached hydrogen (secondary N) is 1. The minimum Gasteiger partial charge on any atom is -0.481 e. The molecule has 1 rings (SSSR count). The normalized spacial score (nSPS) is 11.0. The first-order chi connectivity index (χ1) is 10.8. The van der Waals surface area contributed by atoms with Crippen molar-refractivity contribution >= 4 is 11.9 Å². The SMILES string of the molecule is Cc1nn(CC(C)C)c(C)c1CC(=O)NCCCCCC(=O)O. The highest BCUT2D eigenvalue weighted by molar-refractivity contribution is 5.79. The van der Waals surface area contributed by atoms with E-state index in [1.54, 1.807) is 0 Å². The number of nitrogens with zero attached hydrogens (tertiary/aromatic N) is 2. The second-order valence-corrected chi connectivity index (χ2v) is 6.46. The topological polar surface area (TPSA) is 84.2 Å². The fraction of sp³-hybridized carbons (Fsp3) is 0.706. The molecule has 0 fully saturated rings. The van der Waals surface area contributed by atoms with E-state index in [0.717, 1.165) is 36.3 Å². The van der Waals surface area contributed by atoms with E-state index in [4.69, 9.17) is 5.11 Å². The third-order valence-corrected chi connectivity index (χ3v) is 3.80. The molecule has 0 saturated heterocycles. The Kier molecular flexibility index (Phi) is 7.78. The Balaban J connectivity index is 2.39. The summed E-state index contributed by atoms with van der Waals surface area (Å²) in [4.78, 5) is 22.4. The van der Waals surface area contributed by atoms with Crippen LogP contribution in [-0.4, -0.2) is 33.3 Å². The first-order valence-electron chi connectivity index (χ1n) is 8.32. The van der Waals surface area contributed by atoms with Gasteiger partial charge in [0.2, 0.25) is 5.91 Å². The third-order valence-electron chi connectivity index (χ3n) is 3.80. The van der Waals surface area contributed by atoms with Gasteiger partial charge in [-0.05, 0) is 32.6 Å². The lowest BCUT2D eigenvalue weighted by Gasteiger charge is -2.08. The number of aromatic nitrogens is 2. The van der Waals surface area contributed by atoms with Gasteiger partial charge in [-0.3, -0.25) is 14.3 Å². The van der Waals surface area contributed by atoms with E-state index in [9.17, 15) is 9.59 Å². The molecule has 2 N–H and O–H groups in total. The molecule has 1 heterocycles. The second kappa shape index (κ2) is 9.33. The average molecular weight is 323 g/mol. The maximum atomic E-state index is 12.0. The number of rotatable bonds is 10. The fourth-order valence-corrected chi connectivity index (χ4v) is 2.54. The van der Waals surface area contributed by atoms with Gasteiger partial charge in [-0.1, -0.05) is 20.3 Å².